The summed E-state index contributed by atoms with van der Waals surface area (Å²) in [6.45, 7) is 39.3. The van der Waals surface area contributed by atoms with Crippen molar-refractivity contribution in [1.29, 1.82) is 0 Å². The molecule has 0 saturated carbocycles. The van der Waals surface area contributed by atoms with Gasteiger partial charge >= 0.3 is 6.09 Å². The Labute approximate surface area is 342 Å². The molecule has 0 bridgehead atoms. The van der Waals surface area contributed by atoms with Gasteiger partial charge in [0.15, 0.2) is 48.2 Å². The second-order valence-electron chi connectivity index (χ2n) is 21.0. The Kier molecular flexibility index (Phi) is 13.2. The number of nitrogens with zero attached hydrogens (tertiary/aromatic N) is 5. The summed E-state index contributed by atoms with van der Waals surface area (Å²) in [5.41, 5.74) is 0.194. The molecule has 5 atom stereocenters. The highest BCUT2D eigenvalue weighted by Gasteiger charge is 2.55. The molecular formula is C40H68N6O8Si3. The lowest BCUT2D eigenvalue weighted by Crippen LogP contribution is -2.54. The summed E-state index contributed by atoms with van der Waals surface area (Å²) in [7, 11) is -7.00. The highest BCUT2D eigenvalue weighted by atomic mass is 28.4. The minimum atomic E-state index is -2.44. The van der Waals surface area contributed by atoms with E-state index < -0.39 is 72.0 Å². The number of nitro groups is 1. The predicted molar refractivity (Wildman–Crippen MR) is 232 cm³/mol. The molecule has 0 radical (unpaired) electrons. The van der Waals surface area contributed by atoms with E-state index in [2.05, 4.69) is 117 Å². The molecule has 14 nitrogen and oxygen atoms in total. The summed E-state index contributed by atoms with van der Waals surface area (Å²) >= 11 is 0. The number of aromatic nitrogens is 4. The van der Waals surface area contributed by atoms with Gasteiger partial charge in [-0.2, -0.15) is 0 Å². The van der Waals surface area contributed by atoms with Gasteiger partial charge in [-0.15, -0.1) is 0 Å². The van der Waals surface area contributed by atoms with Gasteiger partial charge in [-0.3, -0.25) is 20.0 Å². The van der Waals surface area contributed by atoms with Crippen LogP contribution < -0.4 is 5.32 Å². The largest absolute Gasteiger partial charge is 0.440 e. The van der Waals surface area contributed by atoms with E-state index in [0.29, 0.717) is 17.8 Å². The number of para-hydroxylation sites is 1. The number of hydrogen-bond acceptors (Lipinski definition) is 11. The van der Waals surface area contributed by atoms with Crippen LogP contribution in [0.5, 0.6) is 0 Å². The summed E-state index contributed by atoms with van der Waals surface area (Å²) in [5.74, 6) is 0.116. The third-order valence-electron chi connectivity index (χ3n) is 12.5. The van der Waals surface area contributed by atoms with Crippen LogP contribution in [-0.2, 0) is 22.8 Å². The smallest absolute Gasteiger partial charge is 0.413 e. The van der Waals surface area contributed by atoms with Crippen LogP contribution in [0.3, 0.4) is 0 Å². The number of ether oxygens (including phenoxy) is 2. The predicted octanol–water partition coefficient (Wildman–Crippen LogP) is 10.8. The van der Waals surface area contributed by atoms with Crippen LogP contribution in [-0.4, -0.2) is 80.4 Å². The molecular weight excluding hydrogens is 777 g/mol. The molecule has 318 valence electrons. The summed E-state index contributed by atoms with van der Waals surface area (Å²) in [6, 6.07) is 6.26. The van der Waals surface area contributed by atoms with Crippen molar-refractivity contribution in [3.63, 3.8) is 0 Å². The molecule has 3 heterocycles. The summed E-state index contributed by atoms with van der Waals surface area (Å²) in [4.78, 5) is 38.7. The van der Waals surface area contributed by atoms with Crippen molar-refractivity contribution in [3.8, 4) is 0 Å². The van der Waals surface area contributed by atoms with E-state index in [9.17, 15) is 14.9 Å². The number of carbonyl (C=O) groups excluding carboxylic acids is 1. The fourth-order valence-electron chi connectivity index (χ4n) is 5.82. The van der Waals surface area contributed by atoms with Gasteiger partial charge in [0.2, 0.25) is 0 Å². The summed E-state index contributed by atoms with van der Waals surface area (Å²) in [6.07, 6.45) is -0.980. The molecule has 2 aromatic heterocycles. The Morgan fingerprint density at radius 1 is 0.842 bits per heavy atom. The Morgan fingerprint density at radius 3 is 1.91 bits per heavy atom. The fraction of sp³-hybridized carbons (Fsp3) is 0.700. The van der Waals surface area contributed by atoms with Crippen molar-refractivity contribution in [2.45, 2.75) is 168 Å². The second kappa shape index (κ2) is 16.2. The number of hydrogen-bond donors (Lipinski definition) is 1. The van der Waals surface area contributed by atoms with E-state index in [0.717, 1.165) is 0 Å². The fourth-order valence-corrected chi connectivity index (χ4v) is 9.44. The first-order valence-electron chi connectivity index (χ1n) is 19.8. The topological polar surface area (TPSA) is 162 Å². The van der Waals surface area contributed by atoms with Gasteiger partial charge in [-0.05, 0) is 60.5 Å². The molecule has 57 heavy (non-hydrogen) atoms. The van der Waals surface area contributed by atoms with Gasteiger partial charge < -0.3 is 22.8 Å². The molecule has 1 aromatic carbocycles. The summed E-state index contributed by atoms with van der Waals surface area (Å²) in [5, 5.41) is 14.4. The molecule has 17 heteroatoms. The van der Waals surface area contributed by atoms with Gasteiger partial charge in [0.1, 0.15) is 30.7 Å². The lowest BCUT2D eigenvalue weighted by molar-refractivity contribution is -0.386. The third kappa shape index (κ3) is 10.2. The van der Waals surface area contributed by atoms with Gasteiger partial charge in [-0.1, -0.05) is 95.2 Å². The van der Waals surface area contributed by atoms with Crippen LogP contribution in [0.1, 0.15) is 101 Å². The maximum Gasteiger partial charge on any atom is 0.413 e. The normalized spacial score (nSPS) is 20.8. The van der Waals surface area contributed by atoms with Gasteiger partial charge in [0.05, 0.1) is 23.4 Å². The van der Waals surface area contributed by atoms with Crippen LogP contribution in [0.4, 0.5) is 16.3 Å². The third-order valence-corrected chi connectivity index (χ3v) is 25.9. The molecule has 0 spiro atoms. The molecule has 3 aromatic rings. The maximum absolute atomic E-state index is 13.6. The molecule has 1 N–H and O–H groups in total. The molecule has 1 saturated heterocycles. The zero-order valence-electron chi connectivity index (χ0n) is 37.6. The Morgan fingerprint density at radius 2 is 1.39 bits per heavy atom. The molecule has 1 aliphatic heterocycles. The lowest BCUT2D eigenvalue weighted by Gasteiger charge is -2.44. The number of anilines is 1. The van der Waals surface area contributed by atoms with Crippen molar-refractivity contribution >= 4 is 53.7 Å². The van der Waals surface area contributed by atoms with E-state index in [1.165, 1.54) is 12.4 Å². The van der Waals surface area contributed by atoms with E-state index in [-0.39, 0.29) is 32.2 Å². The molecule has 1 aliphatic rings. The number of benzene rings is 1. The van der Waals surface area contributed by atoms with Crippen LogP contribution in [0, 0.1) is 15.5 Å². The number of fused-ring (bicyclic) bond motifs is 1. The van der Waals surface area contributed by atoms with Crippen LogP contribution in [0.25, 0.3) is 11.2 Å². The minimum absolute atomic E-state index is 0.0113. The number of rotatable bonds is 12. The van der Waals surface area contributed by atoms with Gasteiger partial charge in [-0.25, -0.2) is 19.7 Å². The van der Waals surface area contributed by atoms with Crippen molar-refractivity contribution < 1.29 is 32.5 Å². The Hall–Kier alpha value is -3.07. The number of nitrogens with one attached hydrogen (secondary N) is 1. The number of carbonyl (C=O) groups is 1. The lowest BCUT2D eigenvalue weighted by atomic mass is 9.84. The average molecular weight is 845 g/mol. The molecule has 4 rings (SSSR count). The number of amides is 1. The van der Waals surface area contributed by atoms with Crippen molar-refractivity contribution in [2.75, 3.05) is 11.9 Å². The van der Waals surface area contributed by atoms with Crippen LogP contribution in [0.15, 0.2) is 36.9 Å². The first-order chi connectivity index (χ1) is 25.8. The van der Waals surface area contributed by atoms with Crippen LogP contribution >= 0.6 is 0 Å². The molecule has 0 aliphatic carbocycles. The summed E-state index contributed by atoms with van der Waals surface area (Å²) < 4.78 is 36.3. The Balaban J connectivity index is 1.78. The quantitative estimate of drug-likeness (QED) is 0.105. The molecule has 1 fully saturated rings. The van der Waals surface area contributed by atoms with E-state index in [1.54, 1.807) is 24.5 Å². The SMILES string of the molecule is CC(C)(C)C(OC(=O)Nc1ncnc2c1ncn2[C@@H]1O[C@H](CO[Si](C)(C)C(C)(C)C)C(O[Si](C)(C)C(C)(C)C)[C@@H]1O[Si](C)(C)C(C)(C)C)c1ccccc1[N+](=O)[O-]. The highest BCUT2D eigenvalue weighted by Crippen LogP contribution is 2.47. The van der Waals surface area contributed by atoms with Gasteiger partial charge in [0.25, 0.3) is 5.69 Å². The van der Waals surface area contributed by atoms with Gasteiger partial charge in [0, 0.05) is 11.5 Å². The standard InChI is InChI=1S/C40H68N6O8Si3/c1-37(2,3)32(26-21-19-20-22-27(26)46(48)49)52-36(47)44-33-29-34(42-24-41-33)45(25-43-29)35-31(54-57(17,18)40(10,11)12)30(53-56(15,16)39(7,8)9)28(51-35)23-50-55(13,14)38(4,5)6/h19-22,24-25,28,30-32,35H,23H2,1-18H3,(H,41,42,44,47)/t28-,30?,31+,32?,35-/m1/s1. The molecule has 1 amide bonds. The van der Waals surface area contributed by atoms with Crippen molar-refractivity contribution in [1.82, 2.24) is 19.5 Å². The van der Waals surface area contributed by atoms with E-state index in [1.807, 2.05) is 25.3 Å². The van der Waals surface area contributed by atoms with E-state index >= 15 is 0 Å². The zero-order chi connectivity index (χ0) is 43.3. The average Bonchev–Trinajstić information content (AvgIpc) is 3.61. The zero-order valence-corrected chi connectivity index (χ0v) is 40.6. The Bertz CT molecular complexity index is 1910. The molecule has 2 unspecified atom stereocenters. The highest BCUT2D eigenvalue weighted by molar-refractivity contribution is 6.75. The number of nitro benzene ring substituents is 1. The number of imidazole rings is 1. The monoisotopic (exact) mass is 844 g/mol. The van der Waals surface area contributed by atoms with Crippen LogP contribution in [0.2, 0.25) is 54.4 Å². The second-order valence-corrected chi connectivity index (χ2v) is 35.3. The van der Waals surface area contributed by atoms with Crippen molar-refractivity contribution in [2.24, 2.45) is 5.41 Å². The first kappa shape index (κ1) is 46.6. The first-order valence-corrected chi connectivity index (χ1v) is 28.5. The van der Waals surface area contributed by atoms with Crippen molar-refractivity contribution in [3.05, 3.63) is 52.6 Å². The minimum Gasteiger partial charge on any atom is -0.440 e. The van der Waals surface area contributed by atoms with E-state index in [4.69, 9.17) is 27.7 Å². The maximum atomic E-state index is 13.6.